The average molecular weight is 206 g/mol. The van der Waals surface area contributed by atoms with E-state index in [9.17, 15) is 0 Å². The number of aliphatic hydroxyl groups excluding tert-OH is 1. The summed E-state index contributed by atoms with van der Waals surface area (Å²) < 4.78 is 0. The van der Waals surface area contributed by atoms with Gasteiger partial charge in [0.1, 0.15) is 0 Å². The van der Waals surface area contributed by atoms with Crippen molar-refractivity contribution in [2.45, 2.75) is 25.3 Å². The molecule has 1 aliphatic heterocycles. The van der Waals surface area contributed by atoms with Crippen molar-refractivity contribution in [3.05, 3.63) is 30.1 Å². The molecule has 1 atom stereocenters. The number of likely N-dealkylation sites (tertiary alicyclic amines) is 1. The standard InChI is InChI=1S/C12H18N2O/c15-10-5-12(14-8-1-2-9-14)11-3-6-13-7-4-11/h3-4,6-7,12,15H,1-2,5,8-10H2. The molecule has 3 heteroatoms. The number of rotatable bonds is 4. The van der Waals surface area contributed by atoms with Gasteiger partial charge in [-0.05, 0) is 50.0 Å². The Labute approximate surface area is 90.8 Å². The van der Waals surface area contributed by atoms with Crippen LogP contribution >= 0.6 is 0 Å². The molecule has 0 saturated carbocycles. The van der Waals surface area contributed by atoms with Crippen molar-refractivity contribution in [1.29, 1.82) is 0 Å². The Balaban J connectivity index is 2.11. The number of aromatic nitrogens is 1. The topological polar surface area (TPSA) is 36.4 Å². The van der Waals surface area contributed by atoms with Gasteiger partial charge in [0, 0.05) is 25.0 Å². The molecule has 1 fully saturated rings. The molecule has 82 valence electrons. The van der Waals surface area contributed by atoms with Crippen molar-refractivity contribution >= 4 is 0 Å². The molecule has 2 rings (SSSR count). The second-order valence-corrected chi connectivity index (χ2v) is 4.05. The van der Waals surface area contributed by atoms with Crippen LogP contribution in [0.2, 0.25) is 0 Å². The van der Waals surface area contributed by atoms with Crippen LogP contribution in [0.25, 0.3) is 0 Å². The molecule has 1 unspecified atom stereocenters. The minimum atomic E-state index is 0.253. The van der Waals surface area contributed by atoms with Crippen LogP contribution in [0.3, 0.4) is 0 Å². The van der Waals surface area contributed by atoms with E-state index >= 15 is 0 Å². The fraction of sp³-hybridized carbons (Fsp3) is 0.583. The maximum atomic E-state index is 9.12. The molecule has 1 N–H and O–H groups in total. The van der Waals surface area contributed by atoms with Crippen molar-refractivity contribution in [2.24, 2.45) is 0 Å². The minimum Gasteiger partial charge on any atom is -0.396 e. The summed E-state index contributed by atoms with van der Waals surface area (Å²) in [7, 11) is 0. The number of nitrogens with zero attached hydrogens (tertiary/aromatic N) is 2. The highest BCUT2D eigenvalue weighted by molar-refractivity contribution is 5.15. The van der Waals surface area contributed by atoms with Gasteiger partial charge < -0.3 is 5.11 Å². The Kier molecular flexibility index (Phi) is 3.69. The lowest BCUT2D eigenvalue weighted by Gasteiger charge is -2.27. The van der Waals surface area contributed by atoms with Gasteiger partial charge in [0.15, 0.2) is 0 Å². The Morgan fingerprint density at radius 2 is 1.93 bits per heavy atom. The predicted octanol–water partition coefficient (Wildman–Crippen LogP) is 1.60. The van der Waals surface area contributed by atoms with E-state index in [1.165, 1.54) is 18.4 Å². The quantitative estimate of drug-likeness (QED) is 0.813. The minimum absolute atomic E-state index is 0.253. The number of hydrogen-bond acceptors (Lipinski definition) is 3. The van der Waals surface area contributed by atoms with Crippen LogP contribution in [-0.4, -0.2) is 34.7 Å². The summed E-state index contributed by atoms with van der Waals surface area (Å²) in [4.78, 5) is 6.50. The maximum Gasteiger partial charge on any atom is 0.0449 e. The second kappa shape index (κ2) is 5.24. The Bertz CT molecular complexity index is 283. The lowest BCUT2D eigenvalue weighted by molar-refractivity contribution is 0.185. The van der Waals surface area contributed by atoms with Crippen LogP contribution in [0, 0.1) is 0 Å². The third-order valence-corrected chi connectivity index (χ3v) is 3.07. The van der Waals surface area contributed by atoms with Gasteiger partial charge >= 0.3 is 0 Å². The molecule has 0 aromatic carbocycles. The highest BCUT2D eigenvalue weighted by Gasteiger charge is 2.22. The summed E-state index contributed by atoms with van der Waals surface area (Å²) in [5.41, 5.74) is 1.28. The Morgan fingerprint density at radius 3 is 2.53 bits per heavy atom. The molecule has 1 saturated heterocycles. The number of aliphatic hydroxyl groups is 1. The summed E-state index contributed by atoms with van der Waals surface area (Å²) in [5, 5.41) is 9.12. The third kappa shape index (κ3) is 2.55. The van der Waals surface area contributed by atoms with E-state index in [0.29, 0.717) is 6.04 Å². The molecule has 3 nitrogen and oxygen atoms in total. The first-order chi connectivity index (χ1) is 7.42. The van der Waals surface area contributed by atoms with E-state index in [2.05, 4.69) is 22.0 Å². The van der Waals surface area contributed by atoms with Gasteiger partial charge in [-0.15, -0.1) is 0 Å². The van der Waals surface area contributed by atoms with Crippen LogP contribution < -0.4 is 0 Å². The highest BCUT2D eigenvalue weighted by atomic mass is 16.3. The molecule has 0 amide bonds. The van der Waals surface area contributed by atoms with Gasteiger partial charge in [-0.1, -0.05) is 0 Å². The number of pyridine rings is 1. The van der Waals surface area contributed by atoms with E-state index in [1.54, 1.807) is 0 Å². The lowest BCUT2D eigenvalue weighted by Crippen LogP contribution is -2.26. The fourth-order valence-corrected chi connectivity index (χ4v) is 2.32. The zero-order valence-electron chi connectivity index (χ0n) is 8.97. The van der Waals surface area contributed by atoms with Crippen LogP contribution in [-0.2, 0) is 0 Å². The normalized spacial score (nSPS) is 19.3. The van der Waals surface area contributed by atoms with Crippen LogP contribution in [0.5, 0.6) is 0 Å². The smallest absolute Gasteiger partial charge is 0.0449 e. The van der Waals surface area contributed by atoms with Gasteiger partial charge in [-0.2, -0.15) is 0 Å². The van der Waals surface area contributed by atoms with E-state index < -0.39 is 0 Å². The monoisotopic (exact) mass is 206 g/mol. The third-order valence-electron chi connectivity index (χ3n) is 3.07. The first-order valence-corrected chi connectivity index (χ1v) is 5.66. The van der Waals surface area contributed by atoms with Gasteiger partial charge in [0.2, 0.25) is 0 Å². The lowest BCUT2D eigenvalue weighted by atomic mass is 10.0. The van der Waals surface area contributed by atoms with E-state index in [1.807, 2.05) is 12.4 Å². The Hall–Kier alpha value is -0.930. The molecule has 1 aliphatic rings. The second-order valence-electron chi connectivity index (χ2n) is 4.05. The zero-order valence-corrected chi connectivity index (χ0v) is 8.97. The van der Waals surface area contributed by atoms with Crippen molar-refractivity contribution in [1.82, 2.24) is 9.88 Å². The predicted molar refractivity (Wildman–Crippen MR) is 59.5 cm³/mol. The number of hydrogen-bond donors (Lipinski definition) is 1. The molecule has 15 heavy (non-hydrogen) atoms. The molecular weight excluding hydrogens is 188 g/mol. The van der Waals surface area contributed by atoms with Crippen molar-refractivity contribution in [3.63, 3.8) is 0 Å². The van der Waals surface area contributed by atoms with Crippen molar-refractivity contribution < 1.29 is 5.11 Å². The van der Waals surface area contributed by atoms with Crippen LogP contribution in [0.15, 0.2) is 24.5 Å². The first kappa shape index (κ1) is 10.6. The molecule has 0 bridgehead atoms. The largest absolute Gasteiger partial charge is 0.396 e. The van der Waals surface area contributed by atoms with Crippen LogP contribution in [0.1, 0.15) is 30.9 Å². The summed E-state index contributed by atoms with van der Waals surface area (Å²) in [5.74, 6) is 0. The van der Waals surface area contributed by atoms with E-state index in [4.69, 9.17) is 5.11 Å². The van der Waals surface area contributed by atoms with Crippen molar-refractivity contribution in [3.8, 4) is 0 Å². The van der Waals surface area contributed by atoms with Crippen LogP contribution in [0.4, 0.5) is 0 Å². The maximum absolute atomic E-state index is 9.12. The SMILES string of the molecule is OCCC(c1ccncc1)N1CCCC1. The molecule has 0 aliphatic carbocycles. The Morgan fingerprint density at radius 1 is 1.27 bits per heavy atom. The van der Waals surface area contributed by atoms with Crippen molar-refractivity contribution in [2.75, 3.05) is 19.7 Å². The highest BCUT2D eigenvalue weighted by Crippen LogP contribution is 2.27. The summed E-state index contributed by atoms with van der Waals surface area (Å²) in [6.45, 7) is 2.57. The summed E-state index contributed by atoms with van der Waals surface area (Å²) >= 11 is 0. The van der Waals surface area contributed by atoms with Gasteiger partial charge in [0.25, 0.3) is 0 Å². The average Bonchev–Trinajstić information content (AvgIpc) is 2.80. The molecule has 1 aromatic heterocycles. The summed E-state index contributed by atoms with van der Waals surface area (Å²) in [6.07, 6.45) is 7.05. The molecule has 0 radical (unpaired) electrons. The van der Waals surface area contributed by atoms with E-state index in [0.717, 1.165) is 19.5 Å². The first-order valence-electron chi connectivity index (χ1n) is 5.66. The molecule has 2 heterocycles. The molecular formula is C12H18N2O. The van der Waals surface area contributed by atoms with Gasteiger partial charge in [-0.25, -0.2) is 0 Å². The fourth-order valence-electron chi connectivity index (χ4n) is 2.32. The van der Waals surface area contributed by atoms with E-state index in [-0.39, 0.29) is 6.61 Å². The molecule has 1 aromatic rings. The molecule has 0 spiro atoms. The zero-order chi connectivity index (χ0) is 10.5. The van der Waals surface area contributed by atoms with Gasteiger partial charge in [0.05, 0.1) is 0 Å². The van der Waals surface area contributed by atoms with Gasteiger partial charge in [-0.3, -0.25) is 9.88 Å². The summed E-state index contributed by atoms with van der Waals surface area (Å²) in [6, 6.07) is 4.48.